The lowest BCUT2D eigenvalue weighted by atomic mass is 10.1. The van der Waals surface area contributed by atoms with Crippen molar-refractivity contribution in [1.29, 1.82) is 0 Å². The second-order valence-electron chi connectivity index (χ2n) is 4.28. The molecule has 2 amide bonds. The minimum Gasteiger partial charge on any atom is -0.395 e. The van der Waals surface area contributed by atoms with Crippen LogP contribution in [0, 0.1) is 5.82 Å². The normalized spacial score (nSPS) is 19.8. The average molecular weight is 301 g/mol. The number of carbonyl (C=O) groups is 2. The molecule has 7 nitrogen and oxygen atoms in total. The van der Waals surface area contributed by atoms with Crippen molar-refractivity contribution in [3.8, 4) is 0 Å². The van der Waals surface area contributed by atoms with Gasteiger partial charge in [-0.1, -0.05) is 6.07 Å². The van der Waals surface area contributed by atoms with Gasteiger partial charge in [0, 0.05) is 6.42 Å². The SMILES string of the molecule is Nc1c(F)cccc1S(=O)(=O)NC1CCC(=O)NC1=O. The zero-order chi connectivity index (χ0) is 14.9. The van der Waals surface area contributed by atoms with Gasteiger partial charge in [-0.3, -0.25) is 14.9 Å². The molecule has 0 aliphatic carbocycles. The van der Waals surface area contributed by atoms with E-state index in [-0.39, 0.29) is 12.8 Å². The van der Waals surface area contributed by atoms with Crippen molar-refractivity contribution in [3.05, 3.63) is 24.0 Å². The van der Waals surface area contributed by atoms with Crippen LogP contribution >= 0.6 is 0 Å². The lowest BCUT2D eigenvalue weighted by Gasteiger charge is -2.22. The minimum atomic E-state index is -4.15. The van der Waals surface area contributed by atoms with Crippen molar-refractivity contribution in [2.75, 3.05) is 5.73 Å². The zero-order valence-electron chi connectivity index (χ0n) is 10.2. The number of para-hydroxylation sites is 1. The molecular formula is C11H12FN3O4S. The molecule has 1 aromatic carbocycles. The number of piperidine rings is 1. The summed E-state index contributed by atoms with van der Waals surface area (Å²) in [6.07, 6.45) is 0.0661. The Balaban J connectivity index is 2.26. The first-order valence-corrected chi connectivity index (χ1v) is 7.19. The molecule has 1 saturated heterocycles. The van der Waals surface area contributed by atoms with Crippen molar-refractivity contribution in [3.63, 3.8) is 0 Å². The number of nitrogen functional groups attached to an aromatic ring is 1. The minimum absolute atomic E-state index is 0.0254. The molecule has 1 aliphatic heterocycles. The number of nitrogens with two attached hydrogens (primary N) is 1. The molecular weight excluding hydrogens is 289 g/mol. The standard InChI is InChI=1S/C11H12FN3O4S/c12-6-2-1-3-8(10(6)13)20(18,19)15-7-4-5-9(16)14-11(7)17/h1-3,7,15H,4-5,13H2,(H,14,16,17). The Morgan fingerprint density at radius 3 is 2.70 bits per heavy atom. The number of hydrogen-bond donors (Lipinski definition) is 3. The van der Waals surface area contributed by atoms with E-state index in [1.54, 1.807) is 0 Å². The molecule has 0 spiro atoms. The number of amides is 2. The van der Waals surface area contributed by atoms with Crippen molar-refractivity contribution in [2.24, 2.45) is 0 Å². The van der Waals surface area contributed by atoms with Crippen LogP contribution < -0.4 is 15.8 Å². The number of nitrogens with one attached hydrogen (secondary N) is 2. The van der Waals surface area contributed by atoms with Gasteiger partial charge in [-0.25, -0.2) is 12.8 Å². The van der Waals surface area contributed by atoms with E-state index in [1.165, 1.54) is 6.07 Å². The van der Waals surface area contributed by atoms with Gasteiger partial charge in [-0.15, -0.1) is 0 Å². The van der Waals surface area contributed by atoms with Crippen LogP contribution in [0.15, 0.2) is 23.1 Å². The Bertz CT molecular complexity index is 674. The third-order valence-electron chi connectivity index (χ3n) is 2.84. The van der Waals surface area contributed by atoms with E-state index >= 15 is 0 Å². The topological polar surface area (TPSA) is 118 Å². The summed E-state index contributed by atoms with van der Waals surface area (Å²) in [4.78, 5) is 22.0. The molecule has 0 radical (unpaired) electrons. The number of benzene rings is 1. The van der Waals surface area contributed by atoms with Crippen LogP contribution in [0.4, 0.5) is 10.1 Å². The molecule has 0 aromatic heterocycles. The lowest BCUT2D eigenvalue weighted by molar-refractivity contribution is -0.134. The van der Waals surface area contributed by atoms with Crippen LogP contribution in [0.5, 0.6) is 0 Å². The molecule has 108 valence electrons. The highest BCUT2D eigenvalue weighted by Crippen LogP contribution is 2.21. The molecule has 20 heavy (non-hydrogen) atoms. The van der Waals surface area contributed by atoms with E-state index in [0.29, 0.717) is 0 Å². The first-order valence-electron chi connectivity index (χ1n) is 5.71. The molecule has 0 bridgehead atoms. The van der Waals surface area contributed by atoms with Crippen LogP contribution in [0.25, 0.3) is 0 Å². The summed E-state index contributed by atoms with van der Waals surface area (Å²) < 4.78 is 39.5. The summed E-state index contributed by atoms with van der Waals surface area (Å²) in [6.45, 7) is 0. The summed E-state index contributed by atoms with van der Waals surface area (Å²) >= 11 is 0. The number of rotatable bonds is 3. The summed E-state index contributed by atoms with van der Waals surface area (Å²) in [5.41, 5.74) is 4.86. The van der Waals surface area contributed by atoms with Crippen LogP contribution in [-0.2, 0) is 19.6 Å². The van der Waals surface area contributed by atoms with Gasteiger partial charge in [0.15, 0.2) is 0 Å². The fraction of sp³-hybridized carbons (Fsp3) is 0.273. The third kappa shape index (κ3) is 2.78. The van der Waals surface area contributed by atoms with E-state index in [4.69, 9.17) is 5.73 Å². The molecule has 0 saturated carbocycles. The molecule has 1 aliphatic rings. The zero-order valence-corrected chi connectivity index (χ0v) is 11.0. The van der Waals surface area contributed by atoms with Gasteiger partial charge >= 0.3 is 0 Å². The van der Waals surface area contributed by atoms with Gasteiger partial charge in [0.05, 0.1) is 5.69 Å². The number of imide groups is 1. The number of halogens is 1. The molecule has 2 rings (SSSR count). The Hall–Kier alpha value is -2.00. The highest BCUT2D eigenvalue weighted by atomic mass is 32.2. The van der Waals surface area contributed by atoms with Gasteiger partial charge in [-0.2, -0.15) is 4.72 Å². The Kier molecular flexibility index (Phi) is 3.73. The summed E-state index contributed by atoms with van der Waals surface area (Å²) in [6, 6.07) is 2.28. The average Bonchev–Trinajstić information content (AvgIpc) is 2.36. The molecule has 1 unspecified atom stereocenters. The quantitative estimate of drug-likeness (QED) is 0.513. The van der Waals surface area contributed by atoms with Crippen molar-refractivity contribution < 1.29 is 22.4 Å². The highest BCUT2D eigenvalue weighted by Gasteiger charge is 2.31. The Morgan fingerprint density at radius 2 is 2.05 bits per heavy atom. The molecule has 1 aromatic rings. The van der Waals surface area contributed by atoms with Gasteiger partial charge < -0.3 is 5.73 Å². The number of carbonyl (C=O) groups excluding carboxylic acids is 2. The molecule has 9 heteroatoms. The first kappa shape index (κ1) is 14.4. The maximum Gasteiger partial charge on any atom is 0.244 e. The molecule has 1 fully saturated rings. The van der Waals surface area contributed by atoms with Gasteiger partial charge in [0.25, 0.3) is 0 Å². The van der Waals surface area contributed by atoms with Crippen LogP contribution in [0.2, 0.25) is 0 Å². The van der Waals surface area contributed by atoms with Crippen LogP contribution in [-0.4, -0.2) is 26.3 Å². The van der Waals surface area contributed by atoms with E-state index < -0.39 is 44.3 Å². The lowest BCUT2D eigenvalue weighted by Crippen LogP contribution is -2.52. The van der Waals surface area contributed by atoms with E-state index in [9.17, 15) is 22.4 Å². The monoisotopic (exact) mass is 301 g/mol. The van der Waals surface area contributed by atoms with Gasteiger partial charge in [0.2, 0.25) is 21.8 Å². The van der Waals surface area contributed by atoms with Gasteiger partial charge in [-0.05, 0) is 18.6 Å². The van der Waals surface area contributed by atoms with E-state index in [0.717, 1.165) is 12.1 Å². The second-order valence-corrected chi connectivity index (χ2v) is 5.96. The summed E-state index contributed by atoms with van der Waals surface area (Å²) in [5.74, 6) is -2.06. The Labute approximate surface area is 114 Å². The van der Waals surface area contributed by atoms with Crippen LogP contribution in [0.3, 0.4) is 0 Å². The maximum absolute atomic E-state index is 13.3. The summed E-state index contributed by atoms with van der Waals surface area (Å²) in [5, 5.41) is 2.02. The second kappa shape index (κ2) is 5.17. The number of sulfonamides is 1. The molecule has 1 atom stereocenters. The Morgan fingerprint density at radius 1 is 1.35 bits per heavy atom. The third-order valence-corrected chi connectivity index (χ3v) is 4.37. The van der Waals surface area contributed by atoms with Crippen molar-refractivity contribution in [2.45, 2.75) is 23.8 Å². The fourth-order valence-electron chi connectivity index (χ4n) is 1.81. The van der Waals surface area contributed by atoms with Crippen molar-refractivity contribution in [1.82, 2.24) is 10.0 Å². The van der Waals surface area contributed by atoms with Crippen molar-refractivity contribution >= 4 is 27.5 Å². The largest absolute Gasteiger partial charge is 0.395 e. The number of hydrogen-bond acceptors (Lipinski definition) is 5. The summed E-state index contributed by atoms with van der Waals surface area (Å²) in [7, 11) is -4.15. The predicted octanol–water partition coefficient (Wildman–Crippen LogP) is -0.509. The van der Waals surface area contributed by atoms with E-state index in [1.807, 2.05) is 5.32 Å². The predicted molar refractivity (Wildman–Crippen MR) is 67.3 cm³/mol. The highest BCUT2D eigenvalue weighted by molar-refractivity contribution is 7.89. The molecule has 1 heterocycles. The van der Waals surface area contributed by atoms with Crippen LogP contribution in [0.1, 0.15) is 12.8 Å². The smallest absolute Gasteiger partial charge is 0.244 e. The van der Waals surface area contributed by atoms with E-state index in [2.05, 4.69) is 4.72 Å². The maximum atomic E-state index is 13.3. The fourth-order valence-corrected chi connectivity index (χ4v) is 3.18. The molecule has 4 N–H and O–H groups in total. The first-order chi connectivity index (χ1) is 9.31. The number of anilines is 1. The van der Waals surface area contributed by atoms with Gasteiger partial charge in [0.1, 0.15) is 16.8 Å².